The van der Waals surface area contributed by atoms with E-state index >= 15 is 0 Å². The third-order valence-electron chi connectivity index (χ3n) is 4.32. The summed E-state index contributed by atoms with van der Waals surface area (Å²) in [6, 6.07) is 21.5. The number of carbonyl (C=O) groups excluding carboxylic acids is 2. The fraction of sp³-hybridized carbons (Fsp3) is 0.136. The highest BCUT2D eigenvalue weighted by molar-refractivity contribution is 5.98. The van der Waals surface area contributed by atoms with Gasteiger partial charge in [-0.05, 0) is 35.9 Å². The van der Waals surface area contributed by atoms with Crippen LogP contribution in [0, 0.1) is 0 Å². The maximum atomic E-state index is 13.1. The second-order valence-corrected chi connectivity index (χ2v) is 6.06. The van der Waals surface area contributed by atoms with Gasteiger partial charge in [-0.2, -0.15) is 0 Å². The minimum Gasteiger partial charge on any atom is -0.465 e. The number of benzene rings is 2. The number of esters is 1. The fourth-order valence-electron chi connectivity index (χ4n) is 2.98. The van der Waals surface area contributed by atoms with Crippen molar-refractivity contribution in [1.29, 1.82) is 0 Å². The van der Waals surface area contributed by atoms with Gasteiger partial charge in [-0.3, -0.25) is 9.78 Å². The number of hydrogen-bond acceptors (Lipinski definition) is 4. The van der Waals surface area contributed by atoms with Crippen molar-refractivity contribution in [3.8, 4) is 0 Å². The van der Waals surface area contributed by atoms with Gasteiger partial charge in [0.2, 0.25) is 0 Å². The van der Waals surface area contributed by atoms with Crippen molar-refractivity contribution >= 4 is 11.9 Å². The summed E-state index contributed by atoms with van der Waals surface area (Å²) in [5.41, 5.74) is 2.47. The minimum absolute atomic E-state index is 0.208. The van der Waals surface area contributed by atoms with Crippen LogP contribution in [-0.4, -0.2) is 35.9 Å². The number of carbonyl (C=O) groups is 2. The Morgan fingerprint density at radius 2 is 1.63 bits per heavy atom. The molecule has 27 heavy (non-hydrogen) atoms. The monoisotopic (exact) mass is 360 g/mol. The van der Waals surface area contributed by atoms with E-state index in [0.29, 0.717) is 11.1 Å². The Hall–Kier alpha value is -3.47. The molecule has 0 spiro atoms. The van der Waals surface area contributed by atoms with Crippen molar-refractivity contribution in [2.24, 2.45) is 0 Å². The number of hydrogen-bond donors (Lipinski definition) is 0. The lowest BCUT2D eigenvalue weighted by Crippen LogP contribution is -2.32. The summed E-state index contributed by atoms with van der Waals surface area (Å²) in [7, 11) is 3.05. The van der Waals surface area contributed by atoms with Crippen LogP contribution in [0.25, 0.3) is 0 Å². The summed E-state index contributed by atoms with van der Waals surface area (Å²) in [6.07, 6.45) is 1.71. The molecule has 1 atom stereocenters. The van der Waals surface area contributed by atoms with Crippen molar-refractivity contribution in [3.05, 3.63) is 101 Å². The first-order valence-electron chi connectivity index (χ1n) is 8.53. The maximum Gasteiger partial charge on any atom is 0.337 e. The van der Waals surface area contributed by atoms with E-state index in [1.54, 1.807) is 42.4 Å². The maximum absolute atomic E-state index is 13.1. The number of pyridine rings is 1. The highest BCUT2D eigenvalue weighted by atomic mass is 16.5. The van der Waals surface area contributed by atoms with Crippen LogP contribution in [0.4, 0.5) is 0 Å². The standard InChI is InChI=1S/C22H20N2O3/c1-24(21(25)17-11-8-12-18(15-17)22(26)27-2)20(16-9-4-3-5-10-16)19-13-6-7-14-23-19/h3-15,20H,1-2H3/t20-/m1/s1. The molecule has 5 nitrogen and oxygen atoms in total. The molecule has 1 aromatic heterocycles. The average Bonchev–Trinajstić information content (AvgIpc) is 2.74. The minimum atomic E-state index is -0.475. The number of methoxy groups -OCH3 is 1. The third kappa shape index (κ3) is 4.03. The summed E-state index contributed by atoms with van der Waals surface area (Å²) < 4.78 is 4.74. The van der Waals surface area contributed by atoms with Crippen LogP contribution in [0.2, 0.25) is 0 Å². The van der Waals surface area contributed by atoms with Gasteiger partial charge in [-0.15, -0.1) is 0 Å². The highest BCUT2D eigenvalue weighted by Gasteiger charge is 2.25. The molecule has 0 N–H and O–H groups in total. The predicted octanol–water partition coefficient (Wildman–Crippen LogP) is 3.73. The summed E-state index contributed by atoms with van der Waals surface area (Å²) in [5, 5.41) is 0. The molecular weight excluding hydrogens is 340 g/mol. The largest absolute Gasteiger partial charge is 0.465 e. The molecule has 0 bridgehead atoms. The molecule has 0 saturated heterocycles. The van der Waals surface area contributed by atoms with Crippen molar-refractivity contribution < 1.29 is 14.3 Å². The Morgan fingerprint density at radius 1 is 0.926 bits per heavy atom. The predicted molar refractivity (Wildman–Crippen MR) is 102 cm³/mol. The average molecular weight is 360 g/mol. The van der Waals surface area contributed by atoms with Gasteiger partial charge in [0.15, 0.2) is 0 Å². The van der Waals surface area contributed by atoms with Crippen LogP contribution in [0.5, 0.6) is 0 Å². The van der Waals surface area contributed by atoms with Gasteiger partial charge in [-0.25, -0.2) is 4.79 Å². The number of amides is 1. The van der Waals surface area contributed by atoms with Gasteiger partial charge in [0, 0.05) is 18.8 Å². The van der Waals surface area contributed by atoms with Crippen molar-refractivity contribution in [1.82, 2.24) is 9.88 Å². The summed E-state index contributed by atoms with van der Waals surface area (Å²) in [6.45, 7) is 0. The molecule has 0 aliphatic rings. The molecule has 0 unspecified atom stereocenters. The van der Waals surface area contributed by atoms with Crippen LogP contribution >= 0.6 is 0 Å². The van der Waals surface area contributed by atoms with E-state index in [4.69, 9.17) is 4.74 Å². The Bertz CT molecular complexity index is 887. The van der Waals surface area contributed by atoms with E-state index in [9.17, 15) is 9.59 Å². The third-order valence-corrected chi connectivity index (χ3v) is 4.32. The number of nitrogens with zero attached hydrogens (tertiary/aromatic N) is 2. The Morgan fingerprint density at radius 3 is 2.30 bits per heavy atom. The van der Waals surface area contributed by atoms with Crippen LogP contribution in [0.1, 0.15) is 38.0 Å². The summed E-state index contributed by atoms with van der Waals surface area (Å²) >= 11 is 0. The molecule has 2 aromatic carbocycles. The first-order valence-corrected chi connectivity index (χ1v) is 8.53. The van der Waals surface area contributed by atoms with E-state index in [2.05, 4.69) is 4.98 Å². The molecule has 3 aromatic rings. The molecule has 1 amide bonds. The van der Waals surface area contributed by atoms with E-state index in [0.717, 1.165) is 11.3 Å². The molecular formula is C22H20N2O3. The molecule has 0 saturated carbocycles. The number of aromatic nitrogens is 1. The first kappa shape index (κ1) is 18.3. The van der Waals surface area contributed by atoms with E-state index < -0.39 is 5.97 Å². The van der Waals surface area contributed by atoms with Crippen LogP contribution in [0.3, 0.4) is 0 Å². The van der Waals surface area contributed by atoms with Gasteiger partial charge in [0.1, 0.15) is 0 Å². The molecule has 0 aliphatic heterocycles. The molecule has 0 radical (unpaired) electrons. The Balaban J connectivity index is 1.98. The van der Waals surface area contributed by atoms with Gasteiger partial charge >= 0.3 is 5.97 Å². The number of rotatable bonds is 5. The second-order valence-electron chi connectivity index (χ2n) is 6.06. The SMILES string of the molecule is COC(=O)c1cccc(C(=O)N(C)[C@H](c2ccccc2)c2ccccn2)c1. The molecule has 3 rings (SSSR count). The zero-order valence-corrected chi connectivity index (χ0v) is 15.2. The van der Waals surface area contributed by atoms with Crippen LogP contribution < -0.4 is 0 Å². The van der Waals surface area contributed by atoms with Gasteiger partial charge in [0.25, 0.3) is 5.91 Å². The number of ether oxygens (including phenoxy) is 1. The molecule has 5 heteroatoms. The zero-order valence-electron chi connectivity index (χ0n) is 15.2. The lowest BCUT2D eigenvalue weighted by Gasteiger charge is -2.28. The molecule has 0 fully saturated rings. The normalized spacial score (nSPS) is 11.5. The topological polar surface area (TPSA) is 59.5 Å². The van der Waals surface area contributed by atoms with Crippen molar-refractivity contribution in [2.75, 3.05) is 14.2 Å². The molecule has 136 valence electrons. The quantitative estimate of drug-likeness (QED) is 0.651. The van der Waals surface area contributed by atoms with Gasteiger partial charge < -0.3 is 9.64 Å². The highest BCUT2D eigenvalue weighted by Crippen LogP contribution is 2.27. The zero-order chi connectivity index (χ0) is 19.2. The van der Waals surface area contributed by atoms with E-state index in [-0.39, 0.29) is 11.9 Å². The van der Waals surface area contributed by atoms with Gasteiger partial charge in [-0.1, -0.05) is 42.5 Å². The van der Waals surface area contributed by atoms with E-state index in [1.165, 1.54) is 7.11 Å². The molecule has 0 aliphatic carbocycles. The fourth-order valence-corrected chi connectivity index (χ4v) is 2.98. The smallest absolute Gasteiger partial charge is 0.337 e. The second kappa shape index (κ2) is 8.27. The van der Waals surface area contributed by atoms with Gasteiger partial charge in [0.05, 0.1) is 24.4 Å². The van der Waals surface area contributed by atoms with E-state index in [1.807, 2.05) is 48.5 Å². The van der Waals surface area contributed by atoms with Crippen molar-refractivity contribution in [3.63, 3.8) is 0 Å². The Kier molecular flexibility index (Phi) is 5.61. The lowest BCUT2D eigenvalue weighted by atomic mass is 10.0. The summed E-state index contributed by atoms with van der Waals surface area (Å²) in [5.74, 6) is -0.683. The molecule has 1 heterocycles. The Labute approximate surface area is 158 Å². The first-order chi connectivity index (χ1) is 13.1. The lowest BCUT2D eigenvalue weighted by molar-refractivity contribution is 0.0600. The summed E-state index contributed by atoms with van der Waals surface area (Å²) in [4.78, 5) is 31.0. The van der Waals surface area contributed by atoms with Crippen molar-refractivity contribution in [2.45, 2.75) is 6.04 Å². The van der Waals surface area contributed by atoms with Crippen LogP contribution in [0.15, 0.2) is 79.0 Å². The van der Waals surface area contributed by atoms with Crippen LogP contribution in [-0.2, 0) is 4.74 Å².